The highest BCUT2D eigenvalue weighted by Gasteiger charge is 2.19. The van der Waals surface area contributed by atoms with Gasteiger partial charge in [0.15, 0.2) is 11.5 Å². The van der Waals surface area contributed by atoms with Crippen molar-refractivity contribution >= 4 is 34.3 Å². The second-order valence-corrected chi connectivity index (χ2v) is 7.26. The molecule has 3 aromatic rings. The number of carbonyl (C=O) groups excluding carboxylic acids is 1. The molecule has 0 fully saturated rings. The molecule has 0 unspecified atom stereocenters. The van der Waals surface area contributed by atoms with Crippen LogP contribution in [0.5, 0.6) is 17.2 Å². The SMILES string of the molecule is COC(=O)/N=C(SC)/C(=N/c1ccc(-c2noc(C)n2)cc1)c1cc(O)c(OC)c(OC)c1. The predicted octanol–water partition coefficient (Wildman–Crippen LogP) is 4.42. The Labute approximate surface area is 194 Å². The summed E-state index contributed by atoms with van der Waals surface area (Å²) in [5, 5.41) is 14.6. The van der Waals surface area contributed by atoms with Crippen molar-refractivity contribution < 1.29 is 28.6 Å². The number of phenolic OH excluding ortho intramolecular Hbond substituents is 1. The average Bonchev–Trinajstić information content (AvgIpc) is 3.27. The van der Waals surface area contributed by atoms with E-state index in [9.17, 15) is 9.90 Å². The summed E-state index contributed by atoms with van der Waals surface area (Å²) >= 11 is 1.20. The molecule has 1 N–H and O–H groups in total. The van der Waals surface area contributed by atoms with E-state index in [0.717, 1.165) is 5.56 Å². The lowest BCUT2D eigenvalue weighted by Gasteiger charge is -2.14. The number of amides is 1. The van der Waals surface area contributed by atoms with E-state index in [4.69, 9.17) is 14.0 Å². The van der Waals surface area contributed by atoms with E-state index in [-0.39, 0.29) is 16.5 Å². The van der Waals surface area contributed by atoms with Gasteiger partial charge in [-0.3, -0.25) is 0 Å². The van der Waals surface area contributed by atoms with E-state index in [0.29, 0.717) is 34.4 Å². The van der Waals surface area contributed by atoms with Crippen LogP contribution in [-0.4, -0.2) is 59.7 Å². The van der Waals surface area contributed by atoms with Crippen LogP contribution in [-0.2, 0) is 4.74 Å². The van der Waals surface area contributed by atoms with Gasteiger partial charge in [-0.05, 0) is 42.7 Å². The molecule has 0 spiro atoms. The van der Waals surface area contributed by atoms with Crippen molar-refractivity contribution in [2.24, 2.45) is 9.98 Å². The van der Waals surface area contributed by atoms with Gasteiger partial charge in [0, 0.05) is 18.1 Å². The van der Waals surface area contributed by atoms with Crippen molar-refractivity contribution in [3.05, 3.63) is 47.9 Å². The van der Waals surface area contributed by atoms with Crippen LogP contribution >= 0.6 is 11.8 Å². The summed E-state index contributed by atoms with van der Waals surface area (Å²) in [7, 11) is 4.11. The van der Waals surface area contributed by atoms with Crippen molar-refractivity contribution in [2.45, 2.75) is 6.92 Å². The molecule has 0 radical (unpaired) electrons. The van der Waals surface area contributed by atoms with Gasteiger partial charge in [-0.25, -0.2) is 9.79 Å². The lowest BCUT2D eigenvalue weighted by molar-refractivity contribution is 0.183. The lowest BCUT2D eigenvalue weighted by Crippen LogP contribution is -2.15. The summed E-state index contributed by atoms with van der Waals surface area (Å²) in [5.74, 6) is 1.25. The van der Waals surface area contributed by atoms with Crippen LogP contribution in [0.4, 0.5) is 10.5 Å². The van der Waals surface area contributed by atoms with E-state index in [1.807, 2.05) is 0 Å². The molecule has 0 saturated heterocycles. The summed E-state index contributed by atoms with van der Waals surface area (Å²) < 4.78 is 20.2. The normalized spacial score (nSPS) is 11.9. The number of aromatic nitrogens is 2. The molecular formula is C22H22N4O6S. The van der Waals surface area contributed by atoms with Gasteiger partial charge in [0.2, 0.25) is 17.5 Å². The fraction of sp³-hybridized carbons (Fsp3) is 0.227. The standard InChI is InChI=1S/C22H22N4O6S/c1-12-23-20(26-32-12)13-6-8-15(9-7-13)24-18(21(33-5)25-22(28)31-4)14-10-16(27)19(30-3)17(11-14)29-2/h6-11,27H,1-5H3/b24-18+,25-21-. The molecule has 0 aliphatic rings. The van der Waals surface area contributed by atoms with Crippen molar-refractivity contribution in [3.63, 3.8) is 0 Å². The first kappa shape index (κ1) is 23.8. The van der Waals surface area contributed by atoms with E-state index >= 15 is 0 Å². The highest BCUT2D eigenvalue weighted by molar-refractivity contribution is 8.15. The number of phenols is 1. The number of thioether (sulfide) groups is 1. The molecule has 33 heavy (non-hydrogen) atoms. The Morgan fingerprint density at radius 2 is 1.85 bits per heavy atom. The Kier molecular flexibility index (Phi) is 7.67. The Balaban J connectivity index is 2.13. The Bertz CT molecular complexity index is 1200. The van der Waals surface area contributed by atoms with Gasteiger partial charge >= 0.3 is 6.09 Å². The summed E-state index contributed by atoms with van der Waals surface area (Å²) in [6.45, 7) is 1.71. The molecule has 0 atom stereocenters. The first-order valence-corrected chi connectivity index (χ1v) is 10.8. The molecule has 11 heteroatoms. The number of nitrogens with zero attached hydrogens (tertiary/aromatic N) is 4. The van der Waals surface area contributed by atoms with Gasteiger partial charge in [0.1, 0.15) is 10.8 Å². The van der Waals surface area contributed by atoms with Gasteiger partial charge in [-0.1, -0.05) is 5.16 Å². The number of ether oxygens (including phenoxy) is 3. The third-order valence-corrected chi connectivity index (χ3v) is 5.06. The molecule has 3 rings (SSSR count). The van der Waals surface area contributed by atoms with E-state index < -0.39 is 6.09 Å². The number of aromatic hydroxyl groups is 1. The molecule has 2 aromatic carbocycles. The number of hydrogen-bond donors (Lipinski definition) is 1. The summed E-state index contributed by atoms with van der Waals surface area (Å²) in [4.78, 5) is 24.7. The van der Waals surface area contributed by atoms with Crippen LogP contribution in [0, 0.1) is 6.92 Å². The number of benzene rings is 2. The quantitative estimate of drug-likeness (QED) is 0.411. The van der Waals surface area contributed by atoms with Crippen LogP contribution in [0.25, 0.3) is 11.4 Å². The average molecular weight is 471 g/mol. The number of carbonyl (C=O) groups is 1. The van der Waals surface area contributed by atoms with Crippen LogP contribution < -0.4 is 9.47 Å². The molecule has 0 bridgehead atoms. The highest BCUT2D eigenvalue weighted by atomic mass is 32.2. The van der Waals surface area contributed by atoms with Crippen LogP contribution in [0.3, 0.4) is 0 Å². The minimum atomic E-state index is -0.778. The minimum absolute atomic E-state index is 0.152. The molecule has 1 aromatic heterocycles. The third kappa shape index (κ3) is 5.50. The second kappa shape index (κ2) is 10.6. The van der Waals surface area contributed by atoms with Crippen LogP contribution in [0.15, 0.2) is 50.9 Å². The zero-order chi connectivity index (χ0) is 24.0. The number of aliphatic imine (C=N–C) groups is 2. The van der Waals surface area contributed by atoms with Gasteiger partial charge in [-0.2, -0.15) is 9.98 Å². The van der Waals surface area contributed by atoms with Crippen LogP contribution in [0.1, 0.15) is 11.5 Å². The zero-order valence-electron chi connectivity index (χ0n) is 18.6. The minimum Gasteiger partial charge on any atom is -0.504 e. The monoisotopic (exact) mass is 470 g/mol. The lowest BCUT2D eigenvalue weighted by atomic mass is 10.1. The molecule has 1 heterocycles. The van der Waals surface area contributed by atoms with Gasteiger partial charge in [-0.15, -0.1) is 11.8 Å². The van der Waals surface area contributed by atoms with Gasteiger partial charge in [0.05, 0.1) is 27.0 Å². The molecular weight excluding hydrogens is 448 g/mol. The maximum atomic E-state index is 11.9. The van der Waals surface area contributed by atoms with Gasteiger partial charge in [0.25, 0.3) is 0 Å². The fourth-order valence-electron chi connectivity index (χ4n) is 2.87. The van der Waals surface area contributed by atoms with Crippen LogP contribution in [0.2, 0.25) is 0 Å². The summed E-state index contributed by atoms with van der Waals surface area (Å²) in [5.41, 5.74) is 2.10. The number of aryl methyl sites for hydroxylation is 1. The molecule has 1 amide bonds. The topological polar surface area (TPSA) is 129 Å². The molecule has 0 aliphatic heterocycles. The third-order valence-electron chi connectivity index (χ3n) is 4.39. The van der Waals surface area contributed by atoms with Crippen molar-refractivity contribution in [1.82, 2.24) is 10.1 Å². The maximum Gasteiger partial charge on any atom is 0.434 e. The van der Waals surface area contributed by atoms with E-state index in [2.05, 4.69) is 24.9 Å². The molecule has 172 valence electrons. The molecule has 10 nitrogen and oxygen atoms in total. The van der Waals surface area contributed by atoms with Crippen molar-refractivity contribution in [2.75, 3.05) is 27.6 Å². The maximum absolute atomic E-state index is 11.9. The first-order chi connectivity index (χ1) is 15.9. The number of methoxy groups -OCH3 is 3. The summed E-state index contributed by atoms with van der Waals surface area (Å²) in [6.07, 6.45) is 0.971. The highest BCUT2D eigenvalue weighted by Crippen LogP contribution is 2.38. The van der Waals surface area contributed by atoms with Crippen molar-refractivity contribution in [1.29, 1.82) is 0 Å². The Hall–Kier alpha value is -3.86. The van der Waals surface area contributed by atoms with Crippen molar-refractivity contribution in [3.8, 4) is 28.6 Å². The number of rotatable bonds is 6. The van der Waals surface area contributed by atoms with E-state index in [1.54, 1.807) is 43.5 Å². The second-order valence-electron chi connectivity index (χ2n) is 6.47. The Morgan fingerprint density at radius 3 is 2.39 bits per heavy atom. The zero-order valence-corrected chi connectivity index (χ0v) is 19.5. The summed E-state index contributed by atoms with van der Waals surface area (Å²) in [6, 6.07) is 10.2. The fourth-order valence-corrected chi connectivity index (χ4v) is 3.39. The van der Waals surface area contributed by atoms with E-state index in [1.165, 1.54) is 39.2 Å². The predicted molar refractivity (Wildman–Crippen MR) is 125 cm³/mol. The smallest absolute Gasteiger partial charge is 0.434 e. The first-order valence-electron chi connectivity index (χ1n) is 9.56. The molecule has 0 aliphatic carbocycles. The number of hydrogen-bond acceptors (Lipinski definition) is 10. The molecule has 0 saturated carbocycles. The largest absolute Gasteiger partial charge is 0.504 e. The Morgan fingerprint density at radius 1 is 1.12 bits per heavy atom. The van der Waals surface area contributed by atoms with Gasteiger partial charge < -0.3 is 23.8 Å².